The van der Waals surface area contributed by atoms with Crippen molar-refractivity contribution in [2.24, 2.45) is 11.5 Å². The first-order chi connectivity index (χ1) is 61.6. The predicted octanol–water partition coefficient (Wildman–Crippen LogP) is 0.752. The lowest BCUT2D eigenvalue weighted by Gasteiger charge is -2.26. The number of aliphatic carboxylic acids is 4. The van der Waals surface area contributed by atoms with Crippen LogP contribution in [0.3, 0.4) is 0 Å². The molecular formula is C85H124N14O29S. The van der Waals surface area contributed by atoms with Crippen molar-refractivity contribution in [1.82, 2.24) is 63.5 Å². The van der Waals surface area contributed by atoms with E-state index < -0.39 is 205 Å². The van der Waals surface area contributed by atoms with Gasteiger partial charge in [-0.15, -0.1) is 0 Å². The molecule has 43 nitrogen and oxygen atoms in total. The molecule has 0 unspecified atom stereocenters. The van der Waals surface area contributed by atoms with E-state index in [4.69, 9.17) is 35.5 Å². The van der Waals surface area contributed by atoms with Gasteiger partial charge in [0, 0.05) is 75.1 Å². The first-order valence-electron chi connectivity index (χ1n) is 42.9. The second-order valence-corrected chi connectivity index (χ2v) is 31.5. The number of carbonyl (C=O) groups is 17. The lowest BCUT2D eigenvalue weighted by molar-refractivity contribution is -0.142. The zero-order valence-corrected chi connectivity index (χ0v) is 73.2. The van der Waals surface area contributed by atoms with Gasteiger partial charge in [-0.2, -0.15) is 8.42 Å². The Hall–Kier alpha value is -12.3. The van der Waals surface area contributed by atoms with Gasteiger partial charge in [-0.05, 0) is 67.0 Å². The number of rotatable bonds is 72. The summed E-state index contributed by atoms with van der Waals surface area (Å²) in [4.78, 5) is 224. The molecule has 21 N–H and O–H groups in total. The van der Waals surface area contributed by atoms with Crippen LogP contribution in [0.5, 0.6) is 5.75 Å². The molecule has 0 saturated carbocycles. The van der Waals surface area contributed by atoms with Gasteiger partial charge >= 0.3 is 34.3 Å². The number of benzene rings is 3. The molecule has 714 valence electrons. The summed E-state index contributed by atoms with van der Waals surface area (Å²) in [6.07, 6.45) is 12.6. The molecule has 0 spiro atoms. The maximum atomic E-state index is 14.5. The molecule has 4 rings (SSSR count). The Morgan fingerprint density at radius 2 is 0.829 bits per heavy atom. The normalized spacial score (nSPS) is 13.0. The fraction of sp³-hybridized carbons (Fsp3) is 0.565. The van der Waals surface area contributed by atoms with Gasteiger partial charge in [0.1, 0.15) is 67.3 Å². The second kappa shape index (κ2) is 62.0. The number of fused-ring (bicyclic) bond motifs is 1. The summed E-state index contributed by atoms with van der Waals surface area (Å²) in [7, 11) is -5.00. The number of carboxylic acids is 4. The predicted molar refractivity (Wildman–Crippen MR) is 462 cm³/mol. The van der Waals surface area contributed by atoms with Crippen LogP contribution in [0.4, 0.5) is 0 Å². The van der Waals surface area contributed by atoms with Crippen LogP contribution in [0, 0.1) is 0 Å². The summed E-state index contributed by atoms with van der Waals surface area (Å²) in [6, 6.07) is 6.72. The fourth-order valence-corrected chi connectivity index (χ4v) is 13.5. The first-order valence-corrected chi connectivity index (χ1v) is 44.3. The quantitative estimate of drug-likeness (QED) is 0.0214. The lowest BCUT2D eigenvalue weighted by Crippen LogP contribution is -2.59. The average Bonchev–Trinajstić information content (AvgIpc) is 1.78. The van der Waals surface area contributed by atoms with Crippen molar-refractivity contribution in [2.45, 2.75) is 235 Å². The van der Waals surface area contributed by atoms with Gasteiger partial charge in [0.2, 0.25) is 76.8 Å². The van der Waals surface area contributed by atoms with E-state index in [1.165, 1.54) is 44.0 Å². The number of hydrogen-bond donors (Lipinski definition) is 19. The molecule has 1 aromatic heterocycles. The number of amides is 13. The third-order valence-electron chi connectivity index (χ3n) is 19.8. The monoisotopic (exact) mass is 1840 g/mol. The van der Waals surface area contributed by atoms with Gasteiger partial charge in [0.25, 0.3) is 0 Å². The molecule has 0 fully saturated rings. The second-order valence-electron chi connectivity index (χ2n) is 30.5. The van der Waals surface area contributed by atoms with Gasteiger partial charge < -0.3 is 118 Å². The van der Waals surface area contributed by atoms with Crippen molar-refractivity contribution in [3.8, 4) is 5.75 Å². The van der Waals surface area contributed by atoms with Gasteiger partial charge in [0.05, 0.1) is 59.0 Å². The molecule has 0 aliphatic rings. The number of H-pyrrole nitrogens is 1. The number of carboxylic acid groups (broad SMARTS) is 4. The molecule has 0 saturated heterocycles. The van der Waals surface area contributed by atoms with Gasteiger partial charge in [-0.25, -0.2) is 4.79 Å². The standard InChI is InChI=1S/C85H124N14O29S/c1-2-3-26-61(79(113)91-52-72(103)93-66(48-57-51-90-60-27-22-21-25-59(57)60)82(116)96-62(34-36-69(86)100)80(114)99-68(50-77(110)111)84(118)97-64(78(87)112)46-55-23-17-16-18-24-55)95-81(115)65(47-56-30-32-58(33-31-56)128-129(121,122)123)98-83(117)67(49-76(108)109)94-74(105)54-127-45-43-125-41-39-89-73(104)53-126-44-42-124-40-38-88-70(101)37-35-63(85(119)120)92-71(102)28-19-14-12-10-8-6-4-5-7-9-11-13-15-20-29-75(106)107/h16-18,21-25,27,30-33,51,61-68,90H,2-15,19-20,26,28-29,34-50,52-54H2,1H3,(H2,86,100)(H2,87,112)(H,88,101)(H,89,104)(H,91,113)(H,92,102)(H,93,103)(H,94,105)(H,95,115)(H,96,116)(H,97,118)(H,98,117)(H,99,114)(H,106,107)(H,108,109)(H,110,111)(H,119,120)(H,121,122,123)/t61-,62-,63-,64-,65-,66-,67-,68-/m0/s1. The summed E-state index contributed by atoms with van der Waals surface area (Å²) in [5.74, 6) is -17.6. The number of hydrogen-bond acceptors (Lipinski definition) is 24. The maximum Gasteiger partial charge on any atom is 0.446 e. The van der Waals surface area contributed by atoms with Crippen molar-refractivity contribution >= 4 is 122 Å². The molecule has 0 aliphatic heterocycles. The largest absolute Gasteiger partial charge is 0.481 e. The van der Waals surface area contributed by atoms with Crippen LogP contribution in [-0.4, -0.2) is 260 Å². The van der Waals surface area contributed by atoms with Crippen molar-refractivity contribution in [3.63, 3.8) is 0 Å². The number of carbonyl (C=O) groups excluding carboxylic acids is 13. The van der Waals surface area contributed by atoms with Gasteiger partial charge in [-0.3, -0.25) is 81.3 Å². The van der Waals surface area contributed by atoms with E-state index in [9.17, 15) is 110 Å². The van der Waals surface area contributed by atoms with Gasteiger partial charge in [-0.1, -0.05) is 157 Å². The maximum absolute atomic E-state index is 14.5. The minimum absolute atomic E-state index is 0.0168. The summed E-state index contributed by atoms with van der Waals surface area (Å²) in [6.45, 7) is -0.286. The van der Waals surface area contributed by atoms with E-state index in [2.05, 4.69) is 67.7 Å². The number of unbranched alkanes of at least 4 members (excludes halogenated alkanes) is 14. The molecule has 129 heavy (non-hydrogen) atoms. The number of aromatic nitrogens is 1. The third-order valence-corrected chi connectivity index (χ3v) is 20.2. The van der Waals surface area contributed by atoms with E-state index >= 15 is 0 Å². The van der Waals surface area contributed by atoms with Crippen LogP contribution in [0.25, 0.3) is 10.9 Å². The number of aromatic amines is 1. The molecule has 13 amide bonds. The highest BCUT2D eigenvalue weighted by atomic mass is 32.3. The molecule has 0 bridgehead atoms. The van der Waals surface area contributed by atoms with Crippen molar-refractivity contribution in [3.05, 3.63) is 102 Å². The lowest BCUT2D eigenvalue weighted by atomic mass is 10.0. The highest BCUT2D eigenvalue weighted by Crippen LogP contribution is 2.22. The minimum atomic E-state index is -5.00. The van der Waals surface area contributed by atoms with Gasteiger partial charge in [0.15, 0.2) is 0 Å². The van der Waals surface area contributed by atoms with E-state index in [0.717, 1.165) is 69.9 Å². The van der Waals surface area contributed by atoms with Crippen LogP contribution in [-0.2, 0) is 130 Å². The molecule has 3 aromatic carbocycles. The first kappa shape index (κ1) is 109. The molecule has 0 radical (unpaired) electrons. The minimum Gasteiger partial charge on any atom is -0.481 e. The molecule has 44 heteroatoms. The van der Waals surface area contributed by atoms with E-state index in [1.807, 2.05) is 0 Å². The van der Waals surface area contributed by atoms with E-state index in [-0.39, 0.29) is 122 Å². The van der Waals surface area contributed by atoms with Crippen LogP contribution < -0.4 is 74.1 Å². The fourth-order valence-electron chi connectivity index (χ4n) is 13.1. The van der Waals surface area contributed by atoms with Crippen molar-refractivity contribution in [2.75, 3.05) is 72.5 Å². The van der Waals surface area contributed by atoms with Crippen molar-refractivity contribution in [1.29, 1.82) is 0 Å². The SMILES string of the molecule is CCCC[C@H](NC(=O)[C@H](Cc1ccc(OS(=O)(=O)O)cc1)NC(=O)[C@H](CC(=O)O)NC(=O)COCCOCCNC(=O)COCCOCCNC(=O)CC[C@H](NC(=O)CCCCCCCCCCCCCCCCC(=O)O)C(=O)O)C(=O)NCC(=O)N[C@@H](Cc1c[nH]c2ccccc12)C(=O)N[C@@H](CCC(N)=O)C(=O)N[C@@H](CC(=O)O)C(=O)N[C@@H](Cc1ccccc1)C(N)=O. The molecule has 1 heterocycles. The van der Waals surface area contributed by atoms with Crippen molar-refractivity contribution < 1.29 is 138 Å². The zero-order valence-electron chi connectivity index (χ0n) is 72.4. The summed E-state index contributed by atoms with van der Waals surface area (Å²) < 4.78 is 58.2. The Kier molecular flexibility index (Phi) is 52.4. The highest BCUT2D eigenvalue weighted by molar-refractivity contribution is 7.81. The topological polar surface area (TPSA) is 672 Å². The van der Waals surface area contributed by atoms with Crippen LogP contribution in [0.15, 0.2) is 85.1 Å². The van der Waals surface area contributed by atoms with Crippen LogP contribution in [0.1, 0.15) is 184 Å². The third kappa shape index (κ3) is 49.0. The summed E-state index contributed by atoms with van der Waals surface area (Å²) >= 11 is 0. The molecular weight excluding hydrogens is 1710 g/mol. The summed E-state index contributed by atoms with van der Waals surface area (Å²) in [5, 5.41) is 65.4. The Morgan fingerprint density at radius 1 is 0.388 bits per heavy atom. The Balaban J connectivity index is 1.26. The Bertz CT molecular complexity index is 4390. The number of nitrogens with two attached hydrogens (primary N) is 2. The number of ether oxygens (including phenoxy) is 4. The van der Waals surface area contributed by atoms with Crippen LogP contribution in [0.2, 0.25) is 0 Å². The Morgan fingerprint density at radius 3 is 1.37 bits per heavy atom. The van der Waals surface area contributed by atoms with Crippen LogP contribution >= 0.6 is 0 Å². The zero-order chi connectivity index (χ0) is 94.9. The Labute approximate surface area is 746 Å². The smallest absolute Gasteiger partial charge is 0.446 e. The van der Waals surface area contributed by atoms with E-state index in [1.54, 1.807) is 61.5 Å². The summed E-state index contributed by atoms with van der Waals surface area (Å²) in [5.41, 5.74) is 12.8. The number of nitrogens with one attached hydrogen (secondary N) is 12. The average molecular weight is 1840 g/mol. The molecule has 0 aliphatic carbocycles. The number of primary amides is 2. The number of para-hydroxylation sites is 1. The molecule has 4 aromatic rings. The highest BCUT2D eigenvalue weighted by Gasteiger charge is 2.36. The molecule has 8 atom stereocenters. The van der Waals surface area contributed by atoms with E-state index in [0.29, 0.717) is 34.9 Å².